The highest BCUT2D eigenvalue weighted by Gasteiger charge is 2.03. The molecule has 0 aliphatic heterocycles. The van der Waals surface area contributed by atoms with Gasteiger partial charge in [-0.15, -0.1) is 0 Å². The number of hydrogen-bond donors (Lipinski definition) is 1. The first-order valence-corrected chi connectivity index (χ1v) is 6.26. The van der Waals surface area contributed by atoms with E-state index in [4.69, 9.17) is 27.9 Å². The predicted octanol–water partition coefficient (Wildman–Crippen LogP) is 4.61. The van der Waals surface area contributed by atoms with Gasteiger partial charge in [0.25, 0.3) is 0 Å². The standard InChI is InChI=1S/C14H13Cl2NO/c1-18-14-6-5-12(16)8-13(14)17-9-10-3-2-4-11(15)7-10/h2-8,17H,9H2,1H3. The van der Waals surface area contributed by atoms with Gasteiger partial charge in [0.15, 0.2) is 0 Å². The van der Waals surface area contributed by atoms with Gasteiger partial charge in [-0.05, 0) is 35.9 Å². The van der Waals surface area contributed by atoms with E-state index in [9.17, 15) is 0 Å². The van der Waals surface area contributed by atoms with Gasteiger partial charge in [0.2, 0.25) is 0 Å². The van der Waals surface area contributed by atoms with Crippen LogP contribution in [0.4, 0.5) is 5.69 Å². The predicted molar refractivity (Wildman–Crippen MR) is 76.8 cm³/mol. The van der Waals surface area contributed by atoms with Crippen LogP contribution in [0.2, 0.25) is 10.0 Å². The normalized spacial score (nSPS) is 10.2. The Hall–Kier alpha value is -1.38. The van der Waals surface area contributed by atoms with Crippen molar-refractivity contribution in [2.45, 2.75) is 6.54 Å². The average Bonchev–Trinajstić information content (AvgIpc) is 2.37. The number of ether oxygens (including phenoxy) is 1. The molecule has 0 unspecified atom stereocenters. The van der Waals surface area contributed by atoms with E-state index in [-0.39, 0.29) is 0 Å². The Morgan fingerprint density at radius 1 is 1.06 bits per heavy atom. The summed E-state index contributed by atoms with van der Waals surface area (Å²) in [6.07, 6.45) is 0. The summed E-state index contributed by atoms with van der Waals surface area (Å²) < 4.78 is 5.27. The van der Waals surface area contributed by atoms with Crippen molar-refractivity contribution in [3.05, 3.63) is 58.1 Å². The smallest absolute Gasteiger partial charge is 0.142 e. The van der Waals surface area contributed by atoms with Crippen LogP contribution in [0.5, 0.6) is 5.75 Å². The van der Waals surface area contributed by atoms with Gasteiger partial charge in [0, 0.05) is 16.6 Å². The number of hydrogen-bond acceptors (Lipinski definition) is 2. The maximum absolute atomic E-state index is 5.96. The second-order valence-electron chi connectivity index (χ2n) is 3.83. The molecule has 0 aromatic heterocycles. The molecule has 0 aliphatic rings. The molecule has 18 heavy (non-hydrogen) atoms. The lowest BCUT2D eigenvalue weighted by molar-refractivity contribution is 0.416. The first-order chi connectivity index (χ1) is 8.69. The topological polar surface area (TPSA) is 21.3 Å². The maximum Gasteiger partial charge on any atom is 0.142 e. The van der Waals surface area contributed by atoms with Gasteiger partial charge in [0.05, 0.1) is 12.8 Å². The quantitative estimate of drug-likeness (QED) is 0.883. The van der Waals surface area contributed by atoms with Crippen molar-refractivity contribution in [1.29, 1.82) is 0 Å². The van der Waals surface area contributed by atoms with E-state index in [1.807, 2.05) is 36.4 Å². The van der Waals surface area contributed by atoms with E-state index in [1.54, 1.807) is 13.2 Å². The zero-order valence-corrected chi connectivity index (χ0v) is 11.4. The lowest BCUT2D eigenvalue weighted by Crippen LogP contribution is -2.01. The molecule has 0 saturated carbocycles. The van der Waals surface area contributed by atoms with Crippen LogP contribution in [0.15, 0.2) is 42.5 Å². The third-order valence-electron chi connectivity index (χ3n) is 2.53. The highest BCUT2D eigenvalue weighted by molar-refractivity contribution is 6.31. The van der Waals surface area contributed by atoms with Crippen molar-refractivity contribution >= 4 is 28.9 Å². The second kappa shape index (κ2) is 5.98. The third kappa shape index (κ3) is 3.31. The van der Waals surface area contributed by atoms with Gasteiger partial charge < -0.3 is 10.1 Å². The second-order valence-corrected chi connectivity index (χ2v) is 4.70. The van der Waals surface area contributed by atoms with E-state index in [1.165, 1.54) is 0 Å². The summed E-state index contributed by atoms with van der Waals surface area (Å²) in [5.74, 6) is 0.765. The van der Waals surface area contributed by atoms with Crippen LogP contribution in [0, 0.1) is 0 Å². The number of rotatable bonds is 4. The Bertz CT molecular complexity index is 543. The molecule has 0 bridgehead atoms. The molecule has 2 aromatic rings. The molecule has 2 rings (SSSR count). The largest absolute Gasteiger partial charge is 0.495 e. The third-order valence-corrected chi connectivity index (χ3v) is 3.00. The van der Waals surface area contributed by atoms with Crippen molar-refractivity contribution in [2.24, 2.45) is 0 Å². The minimum atomic E-state index is 0.664. The number of halogens is 2. The summed E-state index contributed by atoms with van der Waals surface area (Å²) >= 11 is 11.9. The van der Waals surface area contributed by atoms with Gasteiger partial charge in [-0.2, -0.15) is 0 Å². The molecule has 1 N–H and O–H groups in total. The zero-order chi connectivity index (χ0) is 13.0. The number of nitrogens with one attached hydrogen (secondary N) is 1. The van der Waals surface area contributed by atoms with E-state index in [0.717, 1.165) is 22.0 Å². The number of methoxy groups -OCH3 is 1. The summed E-state index contributed by atoms with van der Waals surface area (Å²) in [5.41, 5.74) is 1.97. The first kappa shape index (κ1) is 13.1. The fourth-order valence-electron chi connectivity index (χ4n) is 1.66. The number of anilines is 1. The lowest BCUT2D eigenvalue weighted by Gasteiger charge is -2.11. The minimum absolute atomic E-state index is 0.664. The van der Waals surface area contributed by atoms with Crippen LogP contribution in [-0.2, 0) is 6.54 Å². The molecular formula is C14H13Cl2NO. The van der Waals surface area contributed by atoms with Gasteiger partial charge in [-0.3, -0.25) is 0 Å². The molecule has 0 heterocycles. The summed E-state index contributed by atoms with van der Waals surface area (Å²) in [4.78, 5) is 0. The van der Waals surface area contributed by atoms with Crippen molar-refractivity contribution in [2.75, 3.05) is 12.4 Å². The monoisotopic (exact) mass is 281 g/mol. The van der Waals surface area contributed by atoms with E-state index in [2.05, 4.69) is 5.32 Å². The van der Waals surface area contributed by atoms with E-state index in [0.29, 0.717) is 11.6 Å². The molecule has 0 spiro atoms. The average molecular weight is 282 g/mol. The Balaban J connectivity index is 2.12. The van der Waals surface area contributed by atoms with Crippen molar-refractivity contribution < 1.29 is 4.74 Å². The van der Waals surface area contributed by atoms with Crippen molar-refractivity contribution in [3.8, 4) is 5.75 Å². The molecule has 0 amide bonds. The molecule has 2 aromatic carbocycles. The molecule has 0 saturated heterocycles. The van der Waals surface area contributed by atoms with Crippen LogP contribution in [0.25, 0.3) is 0 Å². The fourth-order valence-corrected chi connectivity index (χ4v) is 2.05. The summed E-state index contributed by atoms with van der Waals surface area (Å²) in [7, 11) is 1.63. The summed E-state index contributed by atoms with van der Waals surface area (Å²) in [5, 5.41) is 4.68. The molecule has 94 valence electrons. The molecular weight excluding hydrogens is 269 g/mol. The highest BCUT2D eigenvalue weighted by Crippen LogP contribution is 2.28. The molecule has 2 nitrogen and oxygen atoms in total. The molecule has 0 radical (unpaired) electrons. The van der Waals surface area contributed by atoms with Crippen LogP contribution >= 0.6 is 23.2 Å². The van der Waals surface area contributed by atoms with Crippen LogP contribution in [0.1, 0.15) is 5.56 Å². The van der Waals surface area contributed by atoms with Gasteiger partial charge in [-0.1, -0.05) is 35.3 Å². The Morgan fingerprint density at radius 2 is 1.83 bits per heavy atom. The maximum atomic E-state index is 5.96. The zero-order valence-electron chi connectivity index (χ0n) is 9.91. The summed E-state index contributed by atoms with van der Waals surface area (Å²) in [6.45, 7) is 0.664. The molecule has 4 heteroatoms. The SMILES string of the molecule is COc1ccc(Cl)cc1NCc1cccc(Cl)c1. The van der Waals surface area contributed by atoms with Crippen LogP contribution < -0.4 is 10.1 Å². The summed E-state index contributed by atoms with van der Waals surface area (Å²) in [6, 6.07) is 13.2. The van der Waals surface area contributed by atoms with E-state index < -0.39 is 0 Å². The van der Waals surface area contributed by atoms with E-state index >= 15 is 0 Å². The van der Waals surface area contributed by atoms with Crippen LogP contribution in [-0.4, -0.2) is 7.11 Å². The fraction of sp³-hybridized carbons (Fsp3) is 0.143. The van der Waals surface area contributed by atoms with Gasteiger partial charge in [-0.25, -0.2) is 0 Å². The van der Waals surface area contributed by atoms with Gasteiger partial charge in [0.1, 0.15) is 5.75 Å². The molecule has 0 fully saturated rings. The molecule has 0 aliphatic carbocycles. The van der Waals surface area contributed by atoms with Crippen molar-refractivity contribution in [1.82, 2.24) is 0 Å². The Labute approximate surface area is 116 Å². The minimum Gasteiger partial charge on any atom is -0.495 e. The Morgan fingerprint density at radius 3 is 2.56 bits per heavy atom. The van der Waals surface area contributed by atoms with Crippen molar-refractivity contribution in [3.63, 3.8) is 0 Å². The lowest BCUT2D eigenvalue weighted by atomic mass is 10.2. The number of benzene rings is 2. The Kier molecular flexibility index (Phi) is 4.34. The first-order valence-electron chi connectivity index (χ1n) is 5.51. The van der Waals surface area contributed by atoms with Gasteiger partial charge >= 0.3 is 0 Å². The highest BCUT2D eigenvalue weighted by atomic mass is 35.5. The molecule has 0 atom stereocenters. The van der Waals surface area contributed by atoms with Crippen LogP contribution in [0.3, 0.4) is 0 Å².